The van der Waals surface area contributed by atoms with Crippen LogP contribution in [0.1, 0.15) is 41.3 Å². The summed E-state index contributed by atoms with van der Waals surface area (Å²) in [6, 6.07) is 5.27. The zero-order chi connectivity index (χ0) is 14.8. The molecule has 1 N–H and O–H groups in total. The van der Waals surface area contributed by atoms with Gasteiger partial charge in [-0.25, -0.2) is 4.98 Å². The Morgan fingerprint density at radius 2 is 2.38 bits per heavy atom. The summed E-state index contributed by atoms with van der Waals surface area (Å²) in [6.45, 7) is 2.29. The Morgan fingerprint density at radius 3 is 3.10 bits per heavy atom. The molecule has 3 nitrogen and oxygen atoms in total. The summed E-state index contributed by atoms with van der Waals surface area (Å²) in [5.41, 5.74) is 1.29. The summed E-state index contributed by atoms with van der Waals surface area (Å²) in [5.74, 6) is 0. The molecule has 114 valence electrons. The predicted octanol–water partition coefficient (Wildman–Crippen LogP) is 3.87. The molecule has 0 fully saturated rings. The number of fused-ring (bicyclic) bond motifs is 1. The highest BCUT2D eigenvalue weighted by Gasteiger charge is 2.25. The number of hydrogen-bond donors (Lipinski definition) is 1. The number of aromatic nitrogens is 1. The van der Waals surface area contributed by atoms with Crippen LogP contribution in [0.2, 0.25) is 0 Å². The van der Waals surface area contributed by atoms with Crippen LogP contribution in [0.5, 0.6) is 0 Å². The Balaban J connectivity index is 1.75. The van der Waals surface area contributed by atoms with E-state index in [1.807, 2.05) is 29.7 Å². The van der Waals surface area contributed by atoms with Crippen LogP contribution in [-0.2, 0) is 12.8 Å². The average Bonchev–Trinajstić information content (AvgIpc) is 3.14. The Morgan fingerprint density at radius 1 is 1.52 bits per heavy atom. The Labute approximate surface area is 135 Å². The molecule has 0 saturated heterocycles. The van der Waals surface area contributed by atoms with Crippen molar-refractivity contribution < 1.29 is 0 Å². The smallest absolute Gasteiger partial charge is 0.185 e. The topological polar surface area (TPSA) is 28.2 Å². The molecule has 0 radical (unpaired) electrons. The second-order valence-electron chi connectivity index (χ2n) is 5.78. The SMILES string of the molecule is CNC1CCCc2sc(N(C)C(C)Cc3cccs3)nc21. The third-order valence-electron chi connectivity index (χ3n) is 4.33. The summed E-state index contributed by atoms with van der Waals surface area (Å²) in [7, 11) is 4.22. The normalized spacial score (nSPS) is 19.3. The second-order valence-corrected chi connectivity index (χ2v) is 7.88. The fourth-order valence-electron chi connectivity index (χ4n) is 2.88. The van der Waals surface area contributed by atoms with Gasteiger partial charge in [0.05, 0.1) is 11.7 Å². The van der Waals surface area contributed by atoms with E-state index in [-0.39, 0.29) is 0 Å². The minimum absolute atomic E-state index is 0.444. The van der Waals surface area contributed by atoms with Crippen LogP contribution in [0.15, 0.2) is 17.5 Å². The number of thiophene rings is 1. The minimum atomic E-state index is 0.444. The van der Waals surface area contributed by atoms with Crippen molar-refractivity contribution in [3.63, 3.8) is 0 Å². The predicted molar refractivity (Wildman–Crippen MR) is 92.7 cm³/mol. The molecule has 5 heteroatoms. The highest BCUT2D eigenvalue weighted by Crippen LogP contribution is 2.36. The van der Waals surface area contributed by atoms with Gasteiger partial charge in [-0.1, -0.05) is 6.07 Å². The van der Waals surface area contributed by atoms with E-state index in [2.05, 4.69) is 41.7 Å². The molecule has 3 rings (SSSR count). The lowest BCUT2D eigenvalue weighted by atomic mass is 9.98. The molecule has 0 aliphatic heterocycles. The first-order chi connectivity index (χ1) is 10.2. The number of hydrogen-bond acceptors (Lipinski definition) is 5. The summed E-state index contributed by atoms with van der Waals surface area (Å²) >= 11 is 3.72. The fraction of sp³-hybridized carbons (Fsp3) is 0.562. The number of rotatable bonds is 5. The molecule has 2 heterocycles. The summed E-state index contributed by atoms with van der Waals surface area (Å²) in [5, 5.41) is 6.73. The van der Waals surface area contributed by atoms with Gasteiger partial charge in [0.2, 0.25) is 0 Å². The van der Waals surface area contributed by atoms with Crippen LogP contribution >= 0.6 is 22.7 Å². The van der Waals surface area contributed by atoms with Crippen molar-refractivity contribution in [3.05, 3.63) is 33.0 Å². The summed E-state index contributed by atoms with van der Waals surface area (Å²) in [4.78, 5) is 10.2. The molecule has 0 spiro atoms. The standard InChI is InChI=1S/C16H23N3S2/c1-11(10-12-6-5-9-20-12)19(3)16-18-15-13(17-2)7-4-8-14(15)21-16/h5-6,9,11,13,17H,4,7-8,10H2,1-3H3. The van der Waals surface area contributed by atoms with Crippen LogP contribution < -0.4 is 10.2 Å². The number of nitrogens with one attached hydrogen (secondary N) is 1. The highest BCUT2D eigenvalue weighted by molar-refractivity contribution is 7.15. The number of anilines is 1. The first-order valence-corrected chi connectivity index (χ1v) is 9.30. The first kappa shape index (κ1) is 15.0. The summed E-state index contributed by atoms with van der Waals surface area (Å²) in [6.07, 6.45) is 4.77. The van der Waals surface area contributed by atoms with Gasteiger partial charge in [0.25, 0.3) is 0 Å². The lowest BCUT2D eigenvalue weighted by Gasteiger charge is -2.24. The van der Waals surface area contributed by atoms with E-state index in [1.165, 1.54) is 39.8 Å². The largest absolute Gasteiger partial charge is 0.348 e. The van der Waals surface area contributed by atoms with Gasteiger partial charge in [-0.15, -0.1) is 22.7 Å². The maximum absolute atomic E-state index is 4.94. The number of thiazole rings is 1. The van der Waals surface area contributed by atoms with Gasteiger partial charge in [0.1, 0.15) is 0 Å². The third kappa shape index (κ3) is 3.15. The van der Waals surface area contributed by atoms with Crippen molar-refractivity contribution in [1.82, 2.24) is 10.3 Å². The van der Waals surface area contributed by atoms with Crippen molar-refractivity contribution in [3.8, 4) is 0 Å². The van der Waals surface area contributed by atoms with Crippen molar-refractivity contribution in [2.75, 3.05) is 19.0 Å². The zero-order valence-electron chi connectivity index (χ0n) is 12.9. The van der Waals surface area contributed by atoms with E-state index in [0.717, 1.165) is 6.42 Å². The van der Waals surface area contributed by atoms with E-state index in [9.17, 15) is 0 Å². The third-order valence-corrected chi connectivity index (χ3v) is 6.45. The average molecular weight is 322 g/mol. The van der Waals surface area contributed by atoms with Crippen LogP contribution in [-0.4, -0.2) is 25.1 Å². The van der Waals surface area contributed by atoms with Gasteiger partial charge in [-0.3, -0.25) is 0 Å². The van der Waals surface area contributed by atoms with Crippen LogP contribution in [0.4, 0.5) is 5.13 Å². The Bertz CT molecular complexity index is 576. The van der Waals surface area contributed by atoms with Crippen LogP contribution in [0, 0.1) is 0 Å². The van der Waals surface area contributed by atoms with Crippen molar-refractivity contribution >= 4 is 27.8 Å². The molecule has 2 aromatic heterocycles. The van der Waals surface area contributed by atoms with Gasteiger partial charge >= 0.3 is 0 Å². The molecule has 0 saturated carbocycles. The van der Waals surface area contributed by atoms with Gasteiger partial charge in [-0.05, 0) is 44.7 Å². The van der Waals surface area contributed by atoms with Gasteiger partial charge in [0.15, 0.2) is 5.13 Å². The highest BCUT2D eigenvalue weighted by atomic mass is 32.1. The molecule has 2 unspecified atom stereocenters. The van der Waals surface area contributed by atoms with Gasteiger partial charge in [-0.2, -0.15) is 0 Å². The molecule has 0 aromatic carbocycles. The molecular formula is C16H23N3S2. The molecule has 1 aliphatic rings. The van der Waals surface area contributed by atoms with E-state index in [0.29, 0.717) is 12.1 Å². The molecule has 2 aromatic rings. The van der Waals surface area contributed by atoms with Crippen molar-refractivity contribution in [2.45, 2.75) is 44.7 Å². The summed E-state index contributed by atoms with van der Waals surface area (Å²) < 4.78 is 0. The van der Waals surface area contributed by atoms with Crippen LogP contribution in [0.25, 0.3) is 0 Å². The molecule has 21 heavy (non-hydrogen) atoms. The molecule has 0 bridgehead atoms. The fourth-order valence-corrected chi connectivity index (χ4v) is 4.94. The van der Waals surface area contributed by atoms with E-state index < -0.39 is 0 Å². The van der Waals surface area contributed by atoms with Gasteiger partial charge in [0, 0.05) is 29.3 Å². The maximum Gasteiger partial charge on any atom is 0.185 e. The van der Waals surface area contributed by atoms with Crippen LogP contribution in [0.3, 0.4) is 0 Å². The van der Waals surface area contributed by atoms with E-state index >= 15 is 0 Å². The van der Waals surface area contributed by atoms with Gasteiger partial charge < -0.3 is 10.2 Å². The lowest BCUT2D eigenvalue weighted by molar-refractivity contribution is 0.489. The number of likely N-dealkylation sites (N-methyl/N-ethyl adjacent to an activating group) is 1. The number of aryl methyl sites for hydroxylation is 1. The lowest BCUT2D eigenvalue weighted by Crippen LogP contribution is -2.30. The van der Waals surface area contributed by atoms with E-state index in [4.69, 9.17) is 4.98 Å². The molecule has 1 aliphatic carbocycles. The minimum Gasteiger partial charge on any atom is -0.348 e. The molecule has 0 amide bonds. The van der Waals surface area contributed by atoms with Crippen molar-refractivity contribution in [2.24, 2.45) is 0 Å². The quantitative estimate of drug-likeness (QED) is 0.906. The monoisotopic (exact) mass is 321 g/mol. The first-order valence-electron chi connectivity index (χ1n) is 7.61. The number of nitrogens with zero attached hydrogens (tertiary/aromatic N) is 2. The maximum atomic E-state index is 4.94. The van der Waals surface area contributed by atoms with Crippen molar-refractivity contribution in [1.29, 1.82) is 0 Å². The molecule has 2 atom stereocenters. The molecular weight excluding hydrogens is 298 g/mol. The second kappa shape index (κ2) is 6.46. The van der Waals surface area contributed by atoms with E-state index in [1.54, 1.807) is 0 Å². The Kier molecular flexibility index (Phi) is 4.62. The Hall–Kier alpha value is -0.910. The zero-order valence-corrected chi connectivity index (χ0v) is 14.6.